The van der Waals surface area contributed by atoms with E-state index in [0.29, 0.717) is 39.3 Å². The lowest BCUT2D eigenvalue weighted by Crippen LogP contribution is -2.41. The number of aryl methyl sites for hydroxylation is 1. The Kier molecular flexibility index (Phi) is 9.80. The quantitative estimate of drug-likeness (QED) is 0.584. The van der Waals surface area contributed by atoms with E-state index in [2.05, 4.69) is 5.32 Å². The van der Waals surface area contributed by atoms with Crippen molar-refractivity contribution in [3.8, 4) is 5.75 Å². The first kappa shape index (κ1) is 21.1. The molecule has 1 aromatic rings. The van der Waals surface area contributed by atoms with Gasteiger partial charge >= 0.3 is 0 Å². The van der Waals surface area contributed by atoms with Gasteiger partial charge in [-0.25, -0.2) is 0 Å². The second-order valence-electron chi connectivity index (χ2n) is 5.84. The maximum absolute atomic E-state index is 11.7. The first-order valence-corrected chi connectivity index (χ1v) is 8.56. The third kappa shape index (κ3) is 8.14. The summed E-state index contributed by atoms with van der Waals surface area (Å²) in [6.45, 7) is 7.30. The van der Waals surface area contributed by atoms with Crippen LogP contribution in [0.5, 0.6) is 5.75 Å². The Morgan fingerprint density at radius 3 is 2.48 bits per heavy atom. The predicted molar refractivity (Wildman–Crippen MR) is 96.0 cm³/mol. The van der Waals surface area contributed by atoms with Crippen molar-refractivity contribution in [3.05, 3.63) is 29.3 Å². The molecule has 0 spiro atoms. The zero-order chi connectivity index (χ0) is 18.7. The van der Waals surface area contributed by atoms with Crippen LogP contribution >= 0.6 is 0 Å². The Morgan fingerprint density at radius 2 is 1.88 bits per heavy atom. The largest absolute Gasteiger partial charge is 0.491 e. The van der Waals surface area contributed by atoms with Crippen LogP contribution in [0.1, 0.15) is 31.4 Å². The Labute approximate surface area is 149 Å². The van der Waals surface area contributed by atoms with Crippen LogP contribution in [-0.4, -0.2) is 51.3 Å². The summed E-state index contributed by atoms with van der Waals surface area (Å²) < 4.78 is 16.0. The predicted octanol–water partition coefficient (Wildman–Crippen LogP) is 2.06. The molecule has 1 amide bonds. The van der Waals surface area contributed by atoms with Crippen LogP contribution in [0.3, 0.4) is 0 Å². The van der Waals surface area contributed by atoms with Gasteiger partial charge in [-0.1, -0.05) is 19.1 Å². The zero-order valence-corrected chi connectivity index (χ0v) is 15.6. The SMILES string of the molecule is CCC(=O)NC(Cc1ccc(OCCOCCOC)c(C)c1)C(C)=O. The van der Waals surface area contributed by atoms with E-state index in [4.69, 9.17) is 14.2 Å². The molecule has 0 aliphatic carbocycles. The summed E-state index contributed by atoms with van der Waals surface area (Å²) in [4.78, 5) is 23.3. The normalized spacial score (nSPS) is 11.8. The molecule has 1 atom stereocenters. The van der Waals surface area contributed by atoms with E-state index in [1.807, 2.05) is 25.1 Å². The molecule has 6 heteroatoms. The molecule has 0 aliphatic rings. The number of Topliss-reactive ketones (excluding diaryl/α,β-unsaturated/α-hetero) is 1. The molecule has 0 saturated carbocycles. The van der Waals surface area contributed by atoms with Crippen LogP contribution in [0.2, 0.25) is 0 Å². The van der Waals surface area contributed by atoms with E-state index in [1.165, 1.54) is 6.92 Å². The van der Waals surface area contributed by atoms with Crippen molar-refractivity contribution in [2.75, 3.05) is 33.5 Å². The fourth-order valence-electron chi connectivity index (χ4n) is 2.28. The molecular formula is C19H29NO5. The van der Waals surface area contributed by atoms with Crippen LogP contribution in [-0.2, 0) is 25.5 Å². The average molecular weight is 351 g/mol. The van der Waals surface area contributed by atoms with Gasteiger partial charge in [0.25, 0.3) is 0 Å². The van der Waals surface area contributed by atoms with Gasteiger partial charge in [0.2, 0.25) is 5.91 Å². The summed E-state index contributed by atoms with van der Waals surface area (Å²) in [6, 6.07) is 5.29. The van der Waals surface area contributed by atoms with Crippen molar-refractivity contribution < 1.29 is 23.8 Å². The molecule has 0 bridgehead atoms. The van der Waals surface area contributed by atoms with Crippen molar-refractivity contribution in [1.29, 1.82) is 0 Å². The number of amides is 1. The number of rotatable bonds is 12. The van der Waals surface area contributed by atoms with Crippen molar-refractivity contribution in [1.82, 2.24) is 5.32 Å². The summed E-state index contributed by atoms with van der Waals surface area (Å²) in [6.07, 6.45) is 0.838. The monoisotopic (exact) mass is 351 g/mol. The minimum Gasteiger partial charge on any atom is -0.491 e. The third-order valence-electron chi connectivity index (χ3n) is 3.74. The first-order valence-electron chi connectivity index (χ1n) is 8.56. The lowest BCUT2D eigenvalue weighted by Gasteiger charge is -2.17. The van der Waals surface area contributed by atoms with E-state index in [9.17, 15) is 9.59 Å². The van der Waals surface area contributed by atoms with Gasteiger partial charge < -0.3 is 19.5 Å². The fourth-order valence-corrected chi connectivity index (χ4v) is 2.28. The second-order valence-corrected chi connectivity index (χ2v) is 5.84. The van der Waals surface area contributed by atoms with Crippen LogP contribution in [0.25, 0.3) is 0 Å². The maximum atomic E-state index is 11.7. The van der Waals surface area contributed by atoms with E-state index >= 15 is 0 Å². The minimum absolute atomic E-state index is 0.0482. The molecule has 0 radical (unpaired) electrons. The number of ketones is 1. The van der Waals surface area contributed by atoms with Crippen molar-refractivity contribution >= 4 is 11.7 Å². The van der Waals surface area contributed by atoms with Gasteiger partial charge in [-0.3, -0.25) is 9.59 Å². The highest BCUT2D eigenvalue weighted by Gasteiger charge is 2.17. The highest BCUT2D eigenvalue weighted by molar-refractivity contribution is 5.87. The molecule has 0 saturated heterocycles. The number of hydrogen-bond donors (Lipinski definition) is 1. The molecular weight excluding hydrogens is 322 g/mol. The van der Waals surface area contributed by atoms with E-state index < -0.39 is 6.04 Å². The Hall–Kier alpha value is -1.92. The number of hydrogen-bond acceptors (Lipinski definition) is 5. The number of methoxy groups -OCH3 is 1. The van der Waals surface area contributed by atoms with Crippen molar-refractivity contribution in [2.24, 2.45) is 0 Å². The van der Waals surface area contributed by atoms with Gasteiger partial charge in [-0.15, -0.1) is 0 Å². The van der Waals surface area contributed by atoms with Crippen LogP contribution in [0.15, 0.2) is 18.2 Å². The summed E-state index contributed by atoms with van der Waals surface area (Å²) in [5, 5.41) is 2.76. The molecule has 0 fully saturated rings. The number of carbonyl (C=O) groups is 2. The second kappa shape index (κ2) is 11.6. The molecule has 25 heavy (non-hydrogen) atoms. The van der Waals surface area contributed by atoms with Gasteiger partial charge in [0, 0.05) is 13.5 Å². The van der Waals surface area contributed by atoms with E-state index in [-0.39, 0.29) is 11.7 Å². The van der Waals surface area contributed by atoms with Gasteiger partial charge in [-0.2, -0.15) is 0 Å². The van der Waals surface area contributed by atoms with Crippen molar-refractivity contribution in [2.45, 2.75) is 39.7 Å². The van der Waals surface area contributed by atoms with E-state index in [0.717, 1.165) is 16.9 Å². The van der Waals surface area contributed by atoms with E-state index in [1.54, 1.807) is 14.0 Å². The number of ether oxygens (including phenoxy) is 3. The lowest BCUT2D eigenvalue weighted by atomic mass is 10.0. The molecule has 0 heterocycles. The lowest BCUT2D eigenvalue weighted by molar-refractivity contribution is -0.126. The fraction of sp³-hybridized carbons (Fsp3) is 0.579. The van der Waals surface area contributed by atoms with Gasteiger partial charge in [-0.05, 0) is 37.5 Å². The summed E-state index contributed by atoms with van der Waals surface area (Å²) in [5.74, 6) is 0.620. The number of carbonyl (C=O) groups excluding carboxylic acids is 2. The molecule has 140 valence electrons. The Bertz CT molecular complexity index is 559. The minimum atomic E-state index is -0.493. The maximum Gasteiger partial charge on any atom is 0.220 e. The molecule has 1 unspecified atom stereocenters. The molecule has 1 N–H and O–H groups in total. The van der Waals surface area contributed by atoms with Crippen LogP contribution in [0, 0.1) is 6.92 Å². The molecule has 6 nitrogen and oxygen atoms in total. The van der Waals surface area contributed by atoms with Gasteiger partial charge in [0.05, 0.1) is 25.9 Å². The summed E-state index contributed by atoms with van der Waals surface area (Å²) >= 11 is 0. The highest BCUT2D eigenvalue weighted by Crippen LogP contribution is 2.20. The molecule has 0 aliphatic heterocycles. The molecule has 0 aromatic heterocycles. The number of benzene rings is 1. The highest BCUT2D eigenvalue weighted by atomic mass is 16.5. The standard InChI is InChI=1S/C19H29NO5/c1-5-19(22)20-17(15(3)21)13-16-6-7-18(14(2)12-16)25-11-10-24-9-8-23-4/h6-7,12,17H,5,8-11,13H2,1-4H3,(H,20,22). The average Bonchev–Trinajstić information content (AvgIpc) is 2.58. The first-order chi connectivity index (χ1) is 12.0. The third-order valence-corrected chi connectivity index (χ3v) is 3.74. The zero-order valence-electron chi connectivity index (χ0n) is 15.6. The number of nitrogens with one attached hydrogen (secondary N) is 1. The van der Waals surface area contributed by atoms with Gasteiger partial charge in [0.15, 0.2) is 5.78 Å². The molecule has 1 rings (SSSR count). The topological polar surface area (TPSA) is 73.9 Å². The van der Waals surface area contributed by atoms with Gasteiger partial charge in [0.1, 0.15) is 12.4 Å². The smallest absolute Gasteiger partial charge is 0.220 e. The summed E-state index contributed by atoms with van der Waals surface area (Å²) in [5.41, 5.74) is 1.97. The molecule has 1 aromatic carbocycles. The Balaban J connectivity index is 2.55. The summed E-state index contributed by atoms with van der Waals surface area (Å²) in [7, 11) is 1.63. The van der Waals surface area contributed by atoms with Crippen molar-refractivity contribution in [3.63, 3.8) is 0 Å². The van der Waals surface area contributed by atoms with Crippen LogP contribution < -0.4 is 10.1 Å². The Morgan fingerprint density at radius 1 is 1.16 bits per heavy atom. The van der Waals surface area contributed by atoms with Crippen LogP contribution in [0.4, 0.5) is 0 Å².